The highest BCUT2D eigenvalue weighted by Crippen LogP contribution is 2.29. The van der Waals surface area contributed by atoms with E-state index >= 15 is 0 Å². The van der Waals surface area contributed by atoms with Gasteiger partial charge in [-0.3, -0.25) is 4.21 Å². The standard InChI is InChI=1S/C13H18FNO2S/c1-9(6-15)7-18(16)8-12-5-10-4-11(14)2-3-13(10)17-12/h2-4,9,12H,5-8,15H2,1H3. The topological polar surface area (TPSA) is 52.3 Å². The summed E-state index contributed by atoms with van der Waals surface area (Å²) >= 11 is 0. The van der Waals surface area contributed by atoms with Crippen LogP contribution in [0, 0.1) is 11.7 Å². The normalized spacial score (nSPS) is 21.2. The largest absolute Gasteiger partial charge is 0.489 e. The third-order valence-electron chi connectivity index (χ3n) is 3.01. The fourth-order valence-corrected chi connectivity index (χ4v) is 3.55. The van der Waals surface area contributed by atoms with Crippen molar-refractivity contribution in [2.75, 3.05) is 18.1 Å². The van der Waals surface area contributed by atoms with Crippen LogP contribution >= 0.6 is 0 Å². The van der Waals surface area contributed by atoms with Crippen LogP contribution in [0.2, 0.25) is 0 Å². The molecular weight excluding hydrogens is 253 g/mol. The molecule has 3 unspecified atom stereocenters. The Morgan fingerprint density at radius 1 is 1.61 bits per heavy atom. The molecule has 0 radical (unpaired) electrons. The number of halogens is 1. The van der Waals surface area contributed by atoms with Crippen molar-refractivity contribution >= 4 is 10.8 Å². The molecule has 3 nitrogen and oxygen atoms in total. The van der Waals surface area contributed by atoms with Gasteiger partial charge in [0.1, 0.15) is 17.7 Å². The maximum absolute atomic E-state index is 13.0. The lowest BCUT2D eigenvalue weighted by Crippen LogP contribution is -2.26. The average molecular weight is 271 g/mol. The lowest BCUT2D eigenvalue weighted by Gasteiger charge is -2.12. The number of rotatable bonds is 5. The van der Waals surface area contributed by atoms with Gasteiger partial charge >= 0.3 is 0 Å². The van der Waals surface area contributed by atoms with E-state index in [2.05, 4.69) is 0 Å². The minimum Gasteiger partial charge on any atom is -0.489 e. The molecule has 2 N–H and O–H groups in total. The highest BCUT2D eigenvalue weighted by molar-refractivity contribution is 7.85. The molecule has 0 amide bonds. The first kappa shape index (κ1) is 13.5. The number of benzene rings is 1. The molecule has 1 aromatic rings. The quantitative estimate of drug-likeness (QED) is 0.882. The van der Waals surface area contributed by atoms with Gasteiger partial charge in [-0.15, -0.1) is 0 Å². The number of fused-ring (bicyclic) bond motifs is 1. The number of ether oxygens (including phenoxy) is 1. The van der Waals surface area contributed by atoms with E-state index in [0.29, 0.717) is 30.2 Å². The second kappa shape index (κ2) is 5.80. The molecule has 1 aromatic carbocycles. The summed E-state index contributed by atoms with van der Waals surface area (Å²) in [6, 6.07) is 4.51. The van der Waals surface area contributed by atoms with Crippen molar-refractivity contribution in [1.29, 1.82) is 0 Å². The summed E-state index contributed by atoms with van der Waals surface area (Å²) in [6.45, 7) is 2.53. The Bertz CT molecular complexity index is 453. The van der Waals surface area contributed by atoms with E-state index in [9.17, 15) is 8.60 Å². The molecule has 2 rings (SSSR count). The van der Waals surface area contributed by atoms with Gasteiger partial charge in [-0.05, 0) is 30.7 Å². The third-order valence-corrected chi connectivity index (χ3v) is 4.69. The molecule has 5 heteroatoms. The summed E-state index contributed by atoms with van der Waals surface area (Å²) in [5, 5.41) is 0. The third kappa shape index (κ3) is 3.29. The predicted octanol–water partition coefficient (Wildman–Crippen LogP) is 1.47. The second-order valence-corrected chi connectivity index (χ2v) is 6.36. The smallest absolute Gasteiger partial charge is 0.123 e. The first-order valence-electron chi connectivity index (χ1n) is 6.08. The molecule has 100 valence electrons. The molecule has 0 aromatic heterocycles. The summed E-state index contributed by atoms with van der Waals surface area (Å²) < 4.78 is 30.6. The monoisotopic (exact) mass is 271 g/mol. The van der Waals surface area contributed by atoms with Gasteiger partial charge in [0.05, 0.1) is 5.75 Å². The van der Waals surface area contributed by atoms with Gasteiger partial charge in [0.15, 0.2) is 0 Å². The van der Waals surface area contributed by atoms with Crippen molar-refractivity contribution in [2.24, 2.45) is 11.7 Å². The van der Waals surface area contributed by atoms with E-state index in [-0.39, 0.29) is 17.8 Å². The minimum atomic E-state index is -0.932. The second-order valence-electron chi connectivity index (χ2n) is 4.81. The lowest BCUT2D eigenvalue weighted by atomic mass is 10.1. The predicted molar refractivity (Wildman–Crippen MR) is 70.6 cm³/mol. The Morgan fingerprint density at radius 3 is 3.11 bits per heavy atom. The van der Waals surface area contributed by atoms with Crippen molar-refractivity contribution in [3.05, 3.63) is 29.6 Å². The van der Waals surface area contributed by atoms with Crippen LogP contribution in [0.3, 0.4) is 0 Å². The first-order chi connectivity index (χ1) is 8.58. The maximum Gasteiger partial charge on any atom is 0.123 e. The summed E-state index contributed by atoms with van der Waals surface area (Å²) in [6.07, 6.45) is 0.531. The molecule has 0 aliphatic carbocycles. The Labute approximate surface area is 109 Å². The summed E-state index contributed by atoms with van der Waals surface area (Å²) in [5.74, 6) is 1.80. The molecule has 0 saturated heterocycles. The van der Waals surface area contributed by atoms with Crippen LogP contribution in [0.15, 0.2) is 18.2 Å². The Balaban J connectivity index is 1.89. The zero-order valence-corrected chi connectivity index (χ0v) is 11.2. The number of nitrogens with two attached hydrogens (primary N) is 1. The van der Waals surface area contributed by atoms with E-state index < -0.39 is 10.8 Å². The van der Waals surface area contributed by atoms with Gasteiger partial charge < -0.3 is 10.5 Å². The highest BCUT2D eigenvalue weighted by atomic mass is 32.2. The first-order valence-corrected chi connectivity index (χ1v) is 7.57. The van der Waals surface area contributed by atoms with E-state index in [1.165, 1.54) is 12.1 Å². The van der Waals surface area contributed by atoms with E-state index in [1.54, 1.807) is 6.07 Å². The molecule has 0 bridgehead atoms. The van der Waals surface area contributed by atoms with Crippen molar-refractivity contribution in [1.82, 2.24) is 0 Å². The van der Waals surface area contributed by atoms with Crippen molar-refractivity contribution < 1.29 is 13.3 Å². The summed E-state index contributed by atoms with van der Waals surface area (Å²) in [4.78, 5) is 0. The van der Waals surface area contributed by atoms with Gasteiger partial charge in [0.25, 0.3) is 0 Å². The van der Waals surface area contributed by atoms with Crippen LogP contribution in [-0.2, 0) is 17.2 Å². The molecule has 0 spiro atoms. The van der Waals surface area contributed by atoms with E-state index in [4.69, 9.17) is 10.5 Å². The maximum atomic E-state index is 13.0. The molecular formula is C13H18FNO2S. The van der Waals surface area contributed by atoms with Gasteiger partial charge in [-0.2, -0.15) is 0 Å². The highest BCUT2D eigenvalue weighted by Gasteiger charge is 2.25. The molecule has 1 heterocycles. The average Bonchev–Trinajstić information content (AvgIpc) is 2.69. The van der Waals surface area contributed by atoms with Crippen LogP contribution in [0.25, 0.3) is 0 Å². The van der Waals surface area contributed by atoms with Crippen molar-refractivity contribution in [3.63, 3.8) is 0 Å². The minimum absolute atomic E-state index is 0.104. The van der Waals surface area contributed by atoms with Gasteiger partial charge in [-0.25, -0.2) is 4.39 Å². The number of hydrogen-bond acceptors (Lipinski definition) is 3. The molecule has 3 atom stereocenters. The molecule has 0 saturated carbocycles. The van der Waals surface area contributed by atoms with Crippen LogP contribution in [0.4, 0.5) is 4.39 Å². The Kier molecular flexibility index (Phi) is 4.35. The molecule has 1 aliphatic rings. The summed E-state index contributed by atoms with van der Waals surface area (Å²) in [5.41, 5.74) is 6.37. The van der Waals surface area contributed by atoms with Gasteiger partial charge in [-0.1, -0.05) is 6.92 Å². The Morgan fingerprint density at radius 2 is 2.39 bits per heavy atom. The van der Waals surface area contributed by atoms with Crippen molar-refractivity contribution in [2.45, 2.75) is 19.4 Å². The Hall–Kier alpha value is -0.940. The molecule has 0 fully saturated rings. The number of hydrogen-bond donors (Lipinski definition) is 1. The SMILES string of the molecule is CC(CN)CS(=O)CC1Cc2cc(F)ccc2O1. The van der Waals surface area contributed by atoms with Crippen LogP contribution < -0.4 is 10.5 Å². The zero-order chi connectivity index (χ0) is 13.1. The van der Waals surface area contributed by atoms with Crippen LogP contribution in [0.1, 0.15) is 12.5 Å². The van der Waals surface area contributed by atoms with Crippen LogP contribution in [0.5, 0.6) is 5.75 Å². The molecule has 18 heavy (non-hydrogen) atoms. The van der Waals surface area contributed by atoms with Gasteiger partial charge in [0, 0.05) is 28.5 Å². The zero-order valence-electron chi connectivity index (χ0n) is 10.4. The molecule has 1 aliphatic heterocycles. The van der Waals surface area contributed by atoms with E-state index in [0.717, 1.165) is 5.56 Å². The lowest BCUT2D eigenvalue weighted by molar-refractivity contribution is 0.258. The fourth-order valence-electron chi connectivity index (χ4n) is 2.04. The van der Waals surface area contributed by atoms with Gasteiger partial charge in [0.2, 0.25) is 0 Å². The van der Waals surface area contributed by atoms with E-state index in [1.807, 2.05) is 6.92 Å². The van der Waals surface area contributed by atoms with Crippen molar-refractivity contribution in [3.8, 4) is 5.75 Å². The fraction of sp³-hybridized carbons (Fsp3) is 0.538. The summed E-state index contributed by atoms with van der Waals surface area (Å²) in [7, 11) is -0.932. The van der Waals surface area contributed by atoms with Crippen LogP contribution in [-0.4, -0.2) is 28.4 Å².